The van der Waals surface area contributed by atoms with Crippen LogP contribution in [0.4, 0.5) is 5.69 Å². The number of fused-ring (bicyclic) bond motifs is 1. The summed E-state index contributed by atoms with van der Waals surface area (Å²) in [6.45, 7) is 2.84. The first-order chi connectivity index (χ1) is 13.2. The molecule has 28 heavy (non-hydrogen) atoms. The van der Waals surface area contributed by atoms with Crippen molar-refractivity contribution in [3.8, 4) is 0 Å². The monoisotopic (exact) mass is 440 g/mol. The minimum absolute atomic E-state index is 0.214. The lowest BCUT2D eigenvalue weighted by molar-refractivity contribution is -0.133. The molecule has 150 valence electrons. The van der Waals surface area contributed by atoms with Gasteiger partial charge in [-0.25, -0.2) is 8.42 Å². The highest BCUT2D eigenvalue weighted by Crippen LogP contribution is 2.31. The van der Waals surface area contributed by atoms with Crippen molar-refractivity contribution in [2.75, 3.05) is 17.1 Å². The summed E-state index contributed by atoms with van der Waals surface area (Å²) >= 11 is 12.1. The molecular weight excluding hydrogens is 419 g/mol. The number of rotatable bonds is 5. The maximum Gasteiger partial charge on any atom is 0.246 e. The first-order valence-corrected chi connectivity index (χ1v) is 11.6. The minimum Gasteiger partial charge on any atom is -0.336 e. The molecule has 1 amide bonds. The Morgan fingerprint density at radius 2 is 1.82 bits per heavy atom. The molecule has 0 bridgehead atoms. The Hall–Kier alpha value is -1.76. The summed E-state index contributed by atoms with van der Waals surface area (Å²) in [4.78, 5) is 15.0. The topological polar surface area (TPSA) is 57.7 Å². The zero-order valence-corrected chi connectivity index (χ0v) is 18.1. The molecule has 2 aromatic carbocycles. The Morgan fingerprint density at radius 1 is 1.14 bits per heavy atom. The zero-order chi connectivity index (χ0) is 20.5. The van der Waals surface area contributed by atoms with Crippen LogP contribution in [0.25, 0.3) is 0 Å². The van der Waals surface area contributed by atoms with Crippen molar-refractivity contribution in [3.63, 3.8) is 0 Å². The molecule has 0 spiro atoms. The number of hydrogen-bond donors (Lipinski definition) is 0. The van der Waals surface area contributed by atoms with E-state index in [2.05, 4.69) is 6.07 Å². The maximum atomic E-state index is 13.3. The number of benzene rings is 2. The van der Waals surface area contributed by atoms with Gasteiger partial charge in [-0.3, -0.25) is 9.10 Å². The van der Waals surface area contributed by atoms with E-state index in [1.807, 2.05) is 18.2 Å². The van der Waals surface area contributed by atoms with Gasteiger partial charge in [0, 0.05) is 13.1 Å². The number of carbonyl (C=O) groups excluding carboxylic acids is 1. The van der Waals surface area contributed by atoms with Gasteiger partial charge in [0.25, 0.3) is 0 Å². The fraction of sp³-hybridized carbons (Fsp3) is 0.350. The van der Waals surface area contributed by atoms with E-state index in [0.717, 1.165) is 22.5 Å². The molecule has 1 atom stereocenters. The highest BCUT2D eigenvalue weighted by Gasteiger charge is 2.35. The van der Waals surface area contributed by atoms with E-state index < -0.39 is 16.1 Å². The molecule has 3 rings (SSSR count). The first-order valence-electron chi connectivity index (χ1n) is 9.02. The molecule has 1 aliphatic rings. The summed E-state index contributed by atoms with van der Waals surface area (Å²) in [6, 6.07) is 11.7. The molecule has 1 aliphatic heterocycles. The van der Waals surface area contributed by atoms with Gasteiger partial charge in [-0.05, 0) is 42.2 Å². The fourth-order valence-corrected chi connectivity index (χ4v) is 5.05. The van der Waals surface area contributed by atoms with E-state index >= 15 is 0 Å². The second kappa shape index (κ2) is 8.31. The number of halogens is 2. The van der Waals surface area contributed by atoms with Crippen LogP contribution in [-0.2, 0) is 27.8 Å². The molecule has 0 radical (unpaired) electrons. The number of carbonyl (C=O) groups is 1. The zero-order valence-electron chi connectivity index (χ0n) is 15.7. The van der Waals surface area contributed by atoms with Crippen LogP contribution in [0, 0.1) is 0 Å². The smallest absolute Gasteiger partial charge is 0.246 e. The highest BCUT2D eigenvalue weighted by molar-refractivity contribution is 7.92. The summed E-state index contributed by atoms with van der Waals surface area (Å²) in [7, 11) is -3.72. The Kier molecular flexibility index (Phi) is 6.22. The SMILES string of the molecule is CCC(C(=O)N1CCc2ccccc2C1)N(c1ccc(Cl)c(Cl)c1)S(C)(=O)=O. The van der Waals surface area contributed by atoms with Crippen LogP contribution in [-0.4, -0.2) is 38.1 Å². The van der Waals surface area contributed by atoms with Gasteiger partial charge in [0.1, 0.15) is 6.04 Å². The van der Waals surface area contributed by atoms with Crippen molar-refractivity contribution >= 4 is 44.8 Å². The molecule has 0 saturated heterocycles. The molecule has 0 aromatic heterocycles. The summed E-state index contributed by atoms with van der Waals surface area (Å²) < 4.78 is 26.3. The third-order valence-electron chi connectivity index (χ3n) is 4.91. The molecule has 1 heterocycles. The molecule has 0 aliphatic carbocycles. The molecule has 0 fully saturated rings. The van der Waals surface area contributed by atoms with Crippen molar-refractivity contribution < 1.29 is 13.2 Å². The first kappa shape index (κ1) is 21.0. The Morgan fingerprint density at radius 3 is 2.43 bits per heavy atom. The molecular formula is C20H22Cl2N2O3S. The number of amides is 1. The lowest BCUT2D eigenvalue weighted by Crippen LogP contribution is -2.51. The summed E-state index contributed by atoms with van der Waals surface area (Å²) in [5, 5.41) is 0.563. The van der Waals surface area contributed by atoms with E-state index in [1.54, 1.807) is 17.9 Å². The quantitative estimate of drug-likeness (QED) is 0.702. The largest absolute Gasteiger partial charge is 0.336 e. The second-order valence-electron chi connectivity index (χ2n) is 6.86. The molecule has 5 nitrogen and oxygen atoms in total. The van der Waals surface area contributed by atoms with Gasteiger partial charge < -0.3 is 4.90 Å². The average Bonchev–Trinajstić information content (AvgIpc) is 2.66. The van der Waals surface area contributed by atoms with Crippen LogP contribution in [0.1, 0.15) is 24.5 Å². The van der Waals surface area contributed by atoms with Crippen LogP contribution >= 0.6 is 23.2 Å². The van der Waals surface area contributed by atoms with Crippen molar-refractivity contribution in [2.45, 2.75) is 32.4 Å². The van der Waals surface area contributed by atoms with E-state index in [0.29, 0.717) is 30.2 Å². The third-order valence-corrected chi connectivity index (χ3v) is 6.83. The van der Waals surface area contributed by atoms with Gasteiger partial charge in [0.15, 0.2) is 0 Å². The number of nitrogens with zero attached hydrogens (tertiary/aromatic N) is 2. The summed E-state index contributed by atoms with van der Waals surface area (Å²) in [6.07, 6.45) is 2.19. The van der Waals surface area contributed by atoms with Crippen LogP contribution in [0.3, 0.4) is 0 Å². The molecule has 0 N–H and O–H groups in total. The van der Waals surface area contributed by atoms with Crippen LogP contribution in [0.2, 0.25) is 10.0 Å². The minimum atomic E-state index is -3.72. The number of sulfonamides is 1. The third kappa shape index (κ3) is 4.29. The van der Waals surface area contributed by atoms with E-state index in [-0.39, 0.29) is 10.9 Å². The maximum absolute atomic E-state index is 13.3. The van der Waals surface area contributed by atoms with Crippen LogP contribution in [0.15, 0.2) is 42.5 Å². The van der Waals surface area contributed by atoms with E-state index in [9.17, 15) is 13.2 Å². The molecule has 0 saturated carbocycles. The van der Waals surface area contributed by atoms with Gasteiger partial charge in [0.05, 0.1) is 22.0 Å². The lowest BCUT2D eigenvalue weighted by Gasteiger charge is -2.36. The van der Waals surface area contributed by atoms with Crippen molar-refractivity contribution in [2.24, 2.45) is 0 Å². The Labute approximate surface area is 175 Å². The van der Waals surface area contributed by atoms with Crippen molar-refractivity contribution in [3.05, 3.63) is 63.6 Å². The van der Waals surface area contributed by atoms with Crippen molar-refractivity contribution in [1.82, 2.24) is 4.90 Å². The van der Waals surface area contributed by atoms with Gasteiger partial charge in [-0.15, -0.1) is 0 Å². The van der Waals surface area contributed by atoms with Gasteiger partial charge in [0.2, 0.25) is 15.9 Å². The summed E-state index contributed by atoms with van der Waals surface area (Å²) in [5.41, 5.74) is 2.65. The Bertz CT molecular complexity index is 995. The predicted molar refractivity (Wildman–Crippen MR) is 113 cm³/mol. The van der Waals surface area contributed by atoms with Gasteiger partial charge >= 0.3 is 0 Å². The lowest BCUT2D eigenvalue weighted by atomic mass is 9.99. The summed E-state index contributed by atoms with van der Waals surface area (Å²) in [5.74, 6) is -0.214. The highest BCUT2D eigenvalue weighted by atomic mass is 35.5. The van der Waals surface area contributed by atoms with Crippen LogP contribution in [0.5, 0.6) is 0 Å². The molecule has 8 heteroatoms. The molecule has 2 aromatic rings. The fourth-order valence-electron chi connectivity index (χ4n) is 3.56. The normalized spacial score (nSPS) is 15.1. The van der Waals surface area contributed by atoms with Gasteiger partial charge in [-0.2, -0.15) is 0 Å². The van der Waals surface area contributed by atoms with Crippen LogP contribution < -0.4 is 4.31 Å². The van der Waals surface area contributed by atoms with Crippen molar-refractivity contribution in [1.29, 1.82) is 0 Å². The molecule has 1 unspecified atom stereocenters. The predicted octanol–water partition coefficient (Wildman–Crippen LogP) is 4.12. The van der Waals surface area contributed by atoms with Gasteiger partial charge in [-0.1, -0.05) is 54.4 Å². The van der Waals surface area contributed by atoms with E-state index in [4.69, 9.17) is 23.2 Å². The number of anilines is 1. The Balaban J connectivity index is 1.94. The van der Waals surface area contributed by atoms with E-state index in [1.165, 1.54) is 17.7 Å². The average molecular weight is 441 g/mol. The second-order valence-corrected chi connectivity index (χ2v) is 9.53. The standard InChI is InChI=1S/C20H22Cl2N2O3S/c1-3-19(20(25)23-11-10-14-6-4-5-7-15(14)13-23)24(28(2,26)27)16-8-9-17(21)18(22)12-16/h4-9,12,19H,3,10-11,13H2,1-2H3. The number of hydrogen-bond acceptors (Lipinski definition) is 3.